The number of carbonyl (C=O) groups is 3. The van der Waals surface area contributed by atoms with E-state index in [1.165, 1.54) is 0 Å². The van der Waals surface area contributed by atoms with Gasteiger partial charge in [0.25, 0.3) is 10.1 Å². The van der Waals surface area contributed by atoms with Crippen LogP contribution in [0.1, 0.15) is 88.0 Å². The fourth-order valence-electron chi connectivity index (χ4n) is 2.62. The van der Waals surface area contributed by atoms with Gasteiger partial charge in [0.15, 0.2) is 5.25 Å². The molecule has 10 heteroatoms. The van der Waals surface area contributed by atoms with Gasteiger partial charge in [-0.1, -0.05) is 62.3 Å². The van der Waals surface area contributed by atoms with Crippen molar-refractivity contribution in [2.45, 2.75) is 93.2 Å². The van der Waals surface area contributed by atoms with Gasteiger partial charge in [-0.25, -0.2) is 0 Å². The van der Waals surface area contributed by atoms with E-state index in [9.17, 15) is 27.4 Å². The molecule has 0 rings (SSSR count). The highest BCUT2D eigenvalue weighted by molar-refractivity contribution is 7.87. The molecular formula is C24H44O9S. The van der Waals surface area contributed by atoms with E-state index in [0.717, 1.165) is 0 Å². The third kappa shape index (κ3) is 15.3. The summed E-state index contributed by atoms with van der Waals surface area (Å²) in [6.07, 6.45) is 0.674. The van der Waals surface area contributed by atoms with Crippen LogP contribution in [0.2, 0.25) is 0 Å². The molecule has 0 radical (unpaired) electrons. The minimum atomic E-state index is -5.10. The van der Waals surface area contributed by atoms with Crippen LogP contribution < -0.4 is 0 Å². The second-order valence-electron chi connectivity index (χ2n) is 12.2. The van der Waals surface area contributed by atoms with Crippen molar-refractivity contribution in [3.8, 4) is 0 Å². The van der Waals surface area contributed by atoms with Gasteiger partial charge in [0.2, 0.25) is 0 Å². The van der Waals surface area contributed by atoms with E-state index in [-0.39, 0.29) is 36.1 Å². The van der Waals surface area contributed by atoms with Crippen LogP contribution in [-0.2, 0) is 38.7 Å². The van der Waals surface area contributed by atoms with Gasteiger partial charge in [0, 0.05) is 0 Å². The third-order valence-corrected chi connectivity index (χ3v) is 6.08. The van der Waals surface area contributed by atoms with Gasteiger partial charge in [-0.05, 0) is 35.5 Å². The van der Waals surface area contributed by atoms with E-state index in [1.54, 1.807) is 0 Å². The molecule has 0 aromatic carbocycles. The van der Waals surface area contributed by atoms with Crippen molar-refractivity contribution >= 4 is 28.0 Å². The fourth-order valence-corrected chi connectivity index (χ4v) is 3.56. The van der Waals surface area contributed by atoms with E-state index in [2.05, 4.69) is 0 Å². The highest BCUT2D eigenvalue weighted by Crippen LogP contribution is 2.25. The highest BCUT2D eigenvalue weighted by Gasteiger charge is 2.46. The molecule has 0 fully saturated rings. The van der Waals surface area contributed by atoms with Crippen LogP contribution in [0, 0.1) is 22.2 Å². The number of ether oxygens (including phenoxy) is 3. The lowest BCUT2D eigenvalue weighted by molar-refractivity contribution is -0.159. The summed E-state index contributed by atoms with van der Waals surface area (Å²) in [6, 6.07) is 0. The van der Waals surface area contributed by atoms with Crippen molar-refractivity contribution < 1.29 is 41.6 Å². The van der Waals surface area contributed by atoms with Gasteiger partial charge >= 0.3 is 17.9 Å². The monoisotopic (exact) mass is 508 g/mol. The molecule has 9 nitrogen and oxygen atoms in total. The Labute approximate surface area is 205 Å². The summed E-state index contributed by atoms with van der Waals surface area (Å²) >= 11 is 0. The highest BCUT2D eigenvalue weighted by atomic mass is 32.2. The van der Waals surface area contributed by atoms with Gasteiger partial charge in [-0.15, -0.1) is 0 Å². The van der Waals surface area contributed by atoms with Gasteiger partial charge in [0.1, 0.15) is 0 Å². The van der Waals surface area contributed by atoms with Crippen LogP contribution in [0.5, 0.6) is 0 Å². The van der Waals surface area contributed by atoms with Crippen molar-refractivity contribution in [3.05, 3.63) is 0 Å². The molecule has 200 valence electrons. The number of hydrogen-bond acceptors (Lipinski definition) is 8. The summed E-state index contributed by atoms with van der Waals surface area (Å²) < 4.78 is 49.5. The molecule has 0 heterocycles. The van der Waals surface area contributed by atoms with Gasteiger partial charge in [-0.2, -0.15) is 8.42 Å². The predicted octanol–water partition coefficient (Wildman–Crippen LogP) is 4.19. The molecule has 0 saturated carbocycles. The average molecular weight is 509 g/mol. The quantitative estimate of drug-likeness (QED) is 0.234. The lowest BCUT2D eigenvalue weighted by atomic mass is 9.93. The predicted molar refractivity (Wildman–Crippen MR) is 129 cm³/mol. The zero-order valence-corrected chi connectivity index (χ0v) is 23.0. The summed E-state index contributed by atoms with van der Waals surface area (Å²) in [7, 11) is -5.10. The van der Waals surface area contributed by atoms with Crippen LogP contribution in [0.3, 0.4) is 0 Å². The Bertz CT molecular complexity index is 781. The zero-order valence-electron chi connectivity index (χ0n) is 22.2. The molecule has 0 bridgehead atoms. The molecule has 1 N–H and O–H groups in total. The minimum absolute atomic E-state index is 0.0465. The molecule has 0 aromatic heterocycles. The van der Waals surface area contributed by atoms with Crippen molar-refractivity contribution in [1.82, 2.24) is 0 Å². The van der Waals surface area contributed by atoms with Crippen molar-refractivity contribution in [1.29, 1.82) is 0 Å². The lowest BCUT2D eigenvalue weighted by Crippen LogP contribution is -2.44. The van der Waals surface area contributed by atoms with Crippen LogP contribution in [-0.4, -0.2) is 55.9 Å². The molecule has 34 heavy (non-hydrogen) atoms. The molecule has 2 unspecified atom stereocenters. The van der Waals surface area contributed by atoms with E-state index in [4.69, 9.17) is 14.2 Å². The molecule has 0 aliphatic heterocycles. The summed E-state index contributed by atoms with van der Waals surface area (Å²) in [5.41, 5.74) is -0.481. The van der Waals surface area contributed by atoms with E-state index < -0.39 is 45.6 Å². The average Bonchev–Trinajstić information content (AvgIpc) is 2.56. The molecule has 0 amide bonds. The Morgan fingerprint density at radius 1 is 0.676 bits per heavy atom. The smallest absolute Gasteiger partial charge is 0.327 e. The first-order chi connectivity index (χ1) is 15.1. The van der Waals surface area contributed by atoms with Crippen LogP contribution in [0.15, 0.2) is 0 Å². The van der Waals surface area contributed by atoms with Gasteiger partial charge < -0.3 is 14.2 Å². The zero-order chi connectivity index (χ0) is 27.0. The second-order valence-corrected chi connectivity index (χ2v) is 13.8. The first-order valence-corrected chi connectivity index (χ1v) is 13.1. The van der Waals surface area contributed by atoms with Crippen molar-refractivity contribution in [2.24, 2.45) is 22.2 Å². The normalized spacial score (nSPS) is 14.8. The Morgan fingerprint density at radius 2 is 1.03 bits per heavy atom. The Morgan fingerprint density at radius 3 is 1.38 bits per heavy atom. The lowest BCUT2D eigenvalue weighted by Gasteiger charge is -2.24. The molecule has 0 aromatic rings. The fraction of sp³-hybridized carbons (Fsp3) is 0.875. The van der Waals surface area contributed by atoms with E-state index in [0.29, 0.717) is 19.3 Å². The van der Waals surface area contributed by atoms with Crippen molar-refractivity contribution in [3.63, 3.8) is 0 Å². The number of esters is 3. The molecule has 0 spiro atoms. The topological polar surface area (TPSA) is 133 Å². The number of hydrogen-bond donors (Lipinski definition) is 1. The van der Waals surface area contributed by atoms with E-state index in [1.807, 2.05) is 62.3 Å². The first kappa shape index (κ1) is 32.3. The second kappa shape index (κ2) is 12.9. The Balaban J connectivity index is 5.68. The minimum Gasteiger partial charge on any atom is -0.466 e. The largest absolute Gasteiger partial charge is 0.466 e. The Kier molecular flexibility index (Phi) is 12.2. The van der Waals surface area contributed by atoms with Gasteiger partial charge in [-0.3, -0.25) is 18.9 Å². The Hall–Kier alpha value is -1.68. The maximum Gasteiger partial charge on any atom is 0.327 e. The molecular weight excluding hydrogens is 464 g/mol. The molecule has 2 atom stereocenters. The summed E-state index contributed by atoms with van der Waals surface area (Å²) in [5, 5.41) is -2.30. The van der Waals surface area contributed by atoms with Crippen LogP contribution in [0.25, 0.3) is 0 Å². The van der Waals surface area contributed by atoms with Crippen LogP contribution in [0.4, 0.5) is 0 Å². The molecule has 0 aliphatic carbocycles. The van der Waals surface area contributed by atoms with E-state index >= 15 is 0 Å². The first-order valence-electron chi connectivity index (χ1n) is 11.6. The number of rotatable bonds is 12. The van der Waals surface area contributed by atoms with Gasteiger partial charge in [0.05, 0.1) is 32.2 Å². The van der Waals surface area contributed by atoms with Crippen molar-refractivity contribution in [2.75, 3.05) is 19.8 Å². The number of carbonyl (C=O) groups excluding carboxylic acids is 3. The molecule has 0 saturated heterocycles. The summed E-state index contributed by atoms with van der Waals surface area (Å²) in [5.74, 6) is -5.09. The summed E-state index contributed by atoms with van der Waals surface area (Å²) in [6.45, 7) is 17.3. The standard InChI is InChI=1S/C24H44O9S/c1-22(2,3)10-13-31-18(25)16-17(20(26)32-14-11-23(4,5)6)19(34(28,29)30)21(27)33-15-12-24(7,8)9/h17,19H,10-16H2,1-9H3,(H,28,29,30). The SMILES string of the molecule is CC(C)(C)CCOC(=O)CC(C(=O)OCCC(C)(C)C)C(C(=O)OCCC(C)(C)C)S(=O)(=O)O. The maximum atomic E-state index is 12.8. The maximum absolute atomic E-state index is 12.8. The molecule has 0 aliphatic rings. The summed E-state index contributed by atoms with van der Waals surface area (Å²) in [4.78, 5) is 37.9. The third-order valence-electron chi connectivity index (χ3n) is 4.92. The van der Waals surface area contributed by atoms with Crippen LogP contribution >= 0.6 is 0 Å².